The maximum Gasteiger partial charge on any atom is 0.494 e. The molecule has 0 unspecified atom stereocenters. The lowest BCUT2D eigenvalue weighted by Gasteiger charge is -2.32. The molecule has 1 heterocycles. The summed E-state index contributed by atoms with van der Waals surface area (Å²) >= 11 is 0. The predicted molar refractivity (Wildman–Crippen MR) is 103 cm³/mol. The van der Waals surface area contributed by atoms with Crippen molar-refractivity contribution in [1.29, 1.82) is 0 Å². The fourth-order valence-electron chi connectivity index (χ4n) is 2.73. The summed E-state index contributed by atoms with van der Waals surface area (Å²) in [6.45, 7) is 10.6. The lowest BCUT2D eigenvalue weighted by atomic mass is 9.79. The average molecular weight is 343 g/mol. The molecule has 1 fully saturated rings. The predicted octanol–water partition coefficient (Wildman–Crippen LogP) is 4.29. The SMILES string of the molecule is Cc1cc(NCc2ccc(B3OC(C)(C)C(C)(C)O3)cc2)ccc1F.[HH]. The maximum atomic E-state index is 13.3. The normalized spacial score (nSPS) is 18.4. The van der Waals surface area contributed by atoms with Crippen molar-refractivity contribution in [3.63, 3.8) is 0 Å². The molecule has 0 atom stereocenters. The zero-order valence-electron chi connectivity index (χ0n) is 15.5. The molecule has 0 aliphatic carbocycles. The number of rotatable bonds is 4. The van der Waals surface area contributed by atoms with Gasteiger partial charge < -0.3 is 14.6 Å². The summed E-state index contributed by atoms with van der Waals surface area (Å²) in [5.74, 6) is -0.183. The fraction of sp³-hybridized carbons (Fsp3) is 0.400. The second-order valence-corrected chi connectivity index (χ2v) is 7.65. The summed E-state index contributed by atoms with van der Waals surface area (Å²) < 4.78 is 25.5. The maximum absolute atomic E-state index is 13.3. The lowest BCUT2D eigenvalue weighted by Crippen LogP contribution is -2.41. The first-order valence-electron chi connectivity index (χ1n) is 8.62. The molecule has 2 aromatic carbocycles. The number of anilines is 1. The summed E-state index contributed by atoms with van der Waals surface area (Å²) in [7, 11) is -0.341. The molecular weight excluding hydrogens is 316 g/mol. The van der Waals surface area contributed by atoms with Crippen molar-refractivity contribution in [3.8, 4) is 0 Å². The number of nitrogens with one attached hydrogen (secondary N) is 1. The van der Waals surface area contributed by atoms with E-state index in [9.17, 15) is 4.39 Å². The largest absolute Gasteiger partial charge is 0.494 e. The van der Waals surface area contributed by atoms with Gasteiger partial charge in [0.05, 0.1) is 11.2 Å². The van der Waals surface area contributed by atoms with E-state index < -0.39 is 0 Å². The topological polar surface area (TPSA) is 30.5 Å². The minimum atomic E-state index is -0.341. The molecule has 1 N–H and O–H groups in total. The van der Waals surface area contributed by atoms with Gasteiger partial charge in [-0.25, -0.2) is 4.39 Å². The van der Waals surface area contributed by atoms with Crippen LogP contribution in [0.2, 0.25) is 0 Å². The van der Waals surface area contributed by atoms with E-state index in [4.69, 9.17) is 9.31 Å². The first kappa shape index (κ1) is 18.0. The number of aryl methyl sites for hydroxylation is 1. The Labute approximate surface area is 151 Å². The number of benzene rings is 2. The minimum absolute atomic E-state index is 0. The quantitative estimate of drug-likeness (QED) is 0.840. The molecule has 0 amide bonds. The van der Waals surface area contributed by atoms with Gasteiger partial charge in [-0.1, -0.05) is 24.3 Å². The van der Waals surface area contributed by atoms with Crippen LogP contribution in [0.4, 0.5) is 10.1 Å². The van der Waals surface area contributed by atoms with Crippen LogP contribution in [0, 0.1) is 12.7 Å². The number of hydrogen-bond donors (Lipinski definition) is 1. The van der Waals surface area contributed by atoms with Crippen LogP contribution >= 0.6 is 0 Å². The van der Waals surface area contributed by atoms with Crippen LogP contribution < -0.4 is 10.8 Å². The Hall–Kier alpha value is -1.85. The zero-order chi connectivity index (χ0) is 18.2. The molecule has 25 heavy (non-hydrogen) atoms. The van der Waals surface area contributed by atoms with E-state index in [1.54, 1.807) is 13.0 Å². The molecule has 0 bridgehead atoms. The van der Waals surface area contributed by atoms with Crippen molar-refractivity contribution in [2.45, 2.75) is 52.4 Å². The van der Waals surface area contributed by atoms with Crippen LogP contribution in [-0.2, 0) is 15.9 Å². The monoisotopic (exact) mass is 343 g/mol. The Balaban J connectivity index is 0.00000243. The Morgan fingerprint density at radius 2 is 1.60 bits per heavy atom. The molecule has 1 aliphatic heterocycles. The van der Waals surface area contributed by atoms with Gasteiger partial charge >= 0.3 is 7.12 Å². The summed E-state index contributed by atoms with van der Waals surface area (Å²) in [6.07, 6.45) is 0. The van der Waals surface area contributed by atoms with Gasteiger partial charge in [-0.15, -0.1) is 0 Å². The Morgan fingerprint density at radius 1 is 1.00 bits per heavy atom. The van der Waals surface area contributed by atoms with Gasteiger partial charge in [0.1, 0.15) is 5.82 Å². The van der Waals surface area contributed by atoms with Gasteiger partial charge in [0.2, 0.25) is 0 Å². The summed E-state index contributed by atoms with van der Waals surface area (Å²) in [5, 5.41) is 3.31. The summed E-state index contributed by atoms with van der Waals surface area (Å²) in [5.41, 5.74) is 3.04. The number of hydrogen-bond acceptors (Lipinski definition) is 3. The molecule has 5 heteroatoms. The highest BCUT2D eigenvalue weighted by Crippen LogP contribution is 2.36. The smallest absolute Gasteiger partial charge is 0.399 e. The highest BCUT2D eigenvalue weighted by molar-refractivity contribution is 6.62. The van der Waals surface area contributed by atoms with Crippen LogP contribution in [0.25, 0.3) is 0 Å². The van der Waals surface area contributed by atoms with E-state index in [2.05, 4.69) is 45.1 Å². The molecule has 0 saturated carbocycles. The van der Waals surface area contributed by atoms with Crippen molar-refractivity contribution in [3.05, 3.63) is 59.4 Å². The van der Waals surface area contributed by atoms with Gasteiger partial charge in [0.25, 0.3) is 0 Å². The Morgan fingerprint density at radius 3 is 2.16 bits per heavy atom. The van der Waals surface area contributed by atoms with Crippen LogP contribution in [0.5, 0.6) is 0 Å². The third-order valence-electron chi connectivity index (χ3n) is 5.16. The molecule has 3 nitrogen and oxygen atoms in total. The van der Waals surface area contributed by atoms with E-state index in [-0.39, 0.29) is 25.6 Å². The molecular formula is C20H27BFNO2. The van der Waals surface area contributed by atoms with Gasteiger partial charge in [0, 0.05) is 13.7 Å². The molecule has 1 saturated heterocycles. The van der Waals surface area contributed by atoms with Crippen LogP contribution in [0.3, 0.4) is 0 Å². The first-order valence-corrected chi connectivity index (χ1v) is 8.62. The minimum Gasteiger partial charge on any atom is -0.399 e. The van der Waals surface area contributed by atoms with Crippen LogP contribution in [0.15, 0.2) is 42.5 Å². The third-order valence-corrected chi connectivity index (χ3v) is 5.16. The second-order valence-electron chi connectivity index (χ2n) is 7.65. The molecule has 2 aromatic rings. The average Bonchev–Trinajstić information content (AvgIpc) is 2.77. The second kappa shape index (κ2) is 6.47. The van der Waals surface area contributed by atoms with Gasteiger partial charge in [-0.3, -0.25) is 0 Å². The molecule has 0 radical (unpaired) electrons. The van der Waals surface area contributed by atoms with Crippen molar-refractivity contribution in [1.82, 2.24) is 0 Å². The Bertz CT molecular complexity index is 749. The van der Waals surface area contributed by atoms with Crippen LogP contribution in [-0.4, -0.2) is 18.3 Å². The van der Waals surface area contributed by atoms with Crippen molar-refractivity contribution < 1.29 is 15.1 Å². The molecule has 0 spiro atoms. The van der Waals surface area contributed by atoms with Crippen molar-refractivity contribution in [2.75, 3.05) is 5.32 Å². The van der Waals surface area contributed by atoms with Gasteiger partial charge in [-0.05, 0) is 69.4 Å². The van der Waals surface area contributed by atoms with Crippen molar-refractivity contribution in [2.24, 2.45) is 0 Å². The van der Waals surface area contributed by atoms with Gasteiger partial charge in [0.15, 0.2) is 0 Å². The van der Waals surface area contributed by atoms with Crippen molar-refractivity contribution >= 4 is 18.3 Å². The molecule has 134 valence electrons. The summed E-state index contributed by atoms with van der Waals surface area (Å²) in [4.78, 5) is 0. The Kier molecular flexibility index (Phi) is 4.65. The lowest BCUT2D eigenvalue weighted by molar-refractivity contribution is 0.00578. The summed E-state index contributed by atoms with van der Waals surface area (Å²) in [6, 6.07) is 13.2. The molecule has 1 aliphatic rings. The van der Waals surface area contributed by atoms with E-state index in [0.717, 1.165) is 16.7 Å². The van der Waals surface area contributed by atoms with E-state index in [1.165, 1.54) is 6.07 Å². The van der Waals surface area contributed by atoms with E-state index in [0.29, 0.717) is 12.1 Å². The first-order chi connectivity index (χ1) is 11.7. The standard InChI is InChI=1S/C20H25BFNO2.H2/c1-14-12-17(10-11-18(14)22)23-13-15-6-8-16(9-7-15)21-24-19(2,3)20(4,5)25-21;/h6-12,23H,13H2,1-5H3;1H. The highest BCUT2D eigenvalue weighted by Gasteiger charge is 2.51. The van der Waals surface area contributed by atoms with Crippen LogP contribution in [0.1, 0.15) is 40.2 Å². The fourth-order valence-corrected chi connectivity index (χ4v) is 2.73. The molecule has 0 aromatic heterocycles. The zero-order valence-corrected chi connectivity index (χ0v) is 15.5. The highest BCUT2D eigenvalue weighted by atomic mass is 19.1. The number of halogens is 1. The van der Waals surface area contributed by atoms with Gasteiger partial charge in [-0.2, -0.15) is 0 Å². The molecule has 3 rings (SSSR count). The third kappa shape index (κ3) is 3.72. The van der Waals surface area contributed by atoms with E-state index in [1.807, 2.05) is 18.2 Å². The van der Waals surface area contributed by atoms with E-state index >= 15 is 0 Å².